The summed E-state index contributed by atoms with van der Waals surface area (Å²) >= 11 is 6.02. The molecule has 2 rings (SSSR count). The minimum atomic E-state index is -4.98. The third-order valence-electron chi connectivity index (χ3n) is 2.87. The lowest BCUT2D eigenvalue weighted by molar-refractivity contribution is -0.174. The van der Waals surface area contributed by atoms with Crippen LogP contribution in [0.15, 0.2) is 36.7 Å². The number of imidazole rings is 1. The molecule has 0 spiro atoms. The van der Waals surface area contributed by atoms with Gasteiger partial charge in [-0.15, -0.1) is 0 Å². The molecule has 0 aliphatic carbocycles. The number of hydrogen-bond acceptors (Lipinski definition) is 2. The molecule has 1 heterocycles. The summed E-state index contributed by atoms with van der Waals surface area (Å²) < 4.78 is 39.0. The van der Waals surface area contributed by atoms with Crippen LogP contribution in [0, 0.1) is 0 Å². The van der Waals surface area contributed by atoms with E-state index in [9.17, 15) is 18.0 Å². The summed E-state index contributed by atoms with van der Waals surface area (Å²) in [7, 11) is 1.62. The van der Waals surface area contributed by atoms with Gasteiger partial charge in [0.15, 0.2) is 0 Å². The van der Waals surface area contributed by atoms with Gasteiger partial charge in [0.1, 0.15) is 11.9 Å². The maximum Gasteiger partial charge on any atom is 0.471 e. The molecule has 1 unspecified atom stereocenters. The fourth-order valence-corrected chi connectivity index (χ4v) is 2.10. The molecule has 0 saturated heterocycles. The summed E-state index contributed by atoms with van der Waals surface area (Å²) in [6, 6.07) is 5.25. The first-order valence-electron chi connectivity index (χ1n) is 5.90. The number of carbonyl (C=O) groups is 1. The van der Waals surface area contributed by atoms with Crippen molar-refractivity contribution < 1.29 is 18.0 Å². The van der Waals surface area contributed by atoms with Gasteiger partial charge in [-0.2, -0.15) is 13.2 Å². The van der Waals surface area contributed by atoms with Crippen molar-refractivity contribution in [3.63, 3.8) is 0 Å². The maximum atomic E-state index is 12.5. The molecule has 0 aliphatic heterocycles. The van der Waals surface area contributed by atoms with Crippen LogP contribution in [0.4, 0.5) is 13.2 Å². The molecular formula is C13H11ClF3N3O. The average Bonchev–Trinajstić information content (AvgIpc) is 2.82. The van der Waals surface area contributed by atoms with Crippen LogP contribution in [0.5, 0.6) is 0 Å². The van der Waals surface area contributed by atoms with Crippen molar-refractivity contribution in [1.29, 1.82) is 0 Å². The van der Waals surface area contributed by atoms with E-state index in [0.717, 1.165) is 0 Å². The van der Waals surface area contributed by atoms with Gasteiger partial charge >= 0.3 is 12.1 Å². The highest BCUT2D eigenvalue weighted by Crippen LogP contribution is 2.28. The van der Waals surface area contributed by atoms with E-state index in [1.165, 1.54) is 16.8 Å². The van der Waals surface area contributed by atoms with Crippen LogP contribution in [0.1, 0.15) is 17.4 Å². The van der Waals surface area contributed by atoms with Crippen LogP contribution < -0.4 is 5.32 Å². The van der Waals surface area contributed by atoms with Gasteiger partial charge in [0.2, 0.25) is 0 Å². The van der Waals surface area contributed by atoms with Gasteiger partial charge in [0.25, 0.3) is 0 Å². The van der Waals surface area contributed by atoms with Crippen LogP contribution in [0.3, 0.4) is 0 Å². The lowest BCUT2D eigenvalue weighted by atomic mass is 10.1. The zero-order chi connectivity index (χ0) is 15.6. The van der Waals surface area contributed by atoms with E-state index < -0.39 is 18.1 Å². The van der Waals surface area contributed by atoms with Gasteiger partial charge in [-0.1, -0.05) is 29.8 Å². The second kappa shape index (κ2) is 5.77. The zero-order valence-electron chi connectivity index (χ0n) is 10.9. The van der Waals surface area contributed by atoms with E-state index in [4.69, 9.17) is 11.6 Å². The Morgan fingerprint density at radius 3 is 2.57 bits per heavy atom. The highest BCUT2D eigenvalue weighted by Gasteiger charge is 2.41. The first-order chi connectivity index (χ1) is 9.80. The number of benzene rings is 1. The lowest BCUT2D eigenvalue weighted by Gasteiger charge is -2.20. The van der Waals surface area contributed by atoms with E-state index in [2.05, 4.69) is 4.98 Å². The van der Waals surface area contributed by atoms with Crippen molar-refractivity contribution in [3.05, 3.63) is 53.1 Å². The van der Waals surface area contributed by atoms with Crippen LogP contribution in [-0.2, 0) is 11.8 Å². The Labute approximate surface area is 123 Å². The molecule has 0 fully saturated rings. The van der Waals surface area contributed by atoms with Crippen molar-refractivity contribution in [1.82, 2.24) is 14.9 Å². The van der Waals surface area contributed by atoms with Crippen LogP contribution in [0.2, 0.25) is 5.02 Å². The van der Waals surface area contributed by atoms with Crippen molar-refractivity contribution in [2.45, 2.75) is 12.2 Å². The smallest absolute Gasteiger partial charge is 0.336 e. The van der Waals surface area contributed by atoms with Gasteiger partial charge in [0.05, 0.1) is 0 Å². The SMILES string of the molecule is Cn1ccnc1C(NC(=O)C(F)(F)F)c1ccccc1Cl. The Morgan fingerprint density at radius 1 is 1.38 bits per heavy atom. The number of halogens is 4. The molecule has 1 N–H and O–H groups in total. The van der Waals surface area contributed by atoms with E-state index in [-0.39, 0.29) is 10.8 Å². The number of nitrogens with one attached hydrogen (secondary N) is 1. The minimum Gasteiger partial charge on any atom is -0.336 e. The molecule has 1 aromatic carbocycles. The highest BCUT2D eigenvalue weighted by atomic mass is 35.5. The number of rotatable bonds is 3. The Bertz CT molecular complexity index is 654. The van der Waals surface area contributed by atoms with E-state index >= 15 is 0 Å². The number of aryl methyl sites for hydroxylation is 1. The summed E-state index contributed by atoms with van der Waals surface area (Å²) in [5.41, 5.74) is 0.339. The predicted molar refractivity (Wildman–Crippen MR) is 70.7 cm³/mol. The Balaban J connectivity index is 2.44. The molecule has 21 heavy (non-hydrogen) atoms. The van der Waals surface area contributed by atoms with Crippen LogP contribution in [-0.4, -0.2) is 21.6 Å². The van der Waals surface area contributed by atoms with E-state index in [1.54, 1.807) is 31.4 Å². The second-order valence-electron chi connectivity index (χ2n) is 4.32. The summed E-state index contributed by atoms with van der Waals surface area (Å²) in [6.45, 7) is 0. The van der Waals surface area contributed by atoms with Crippen molar-refractivity contribution >= 4 is 17.5 Å². The molecule has 0 saturated carbocycles. The molecule has 2 aromatic rings. The molecule has 1 atom stereocenters. The fraction of sp³-hybridized carbons (Fsp3) is 0.231. The Morgan fingerprint density at radius 2 is 2.05 bits per heavy atom. The highest BCUT2D eigenvalue weighted by molar-refractivity contribution is 6.31. The molecular weight excluding hydrogens is 307 g/mol. The molecule has 0 bridgehead atoms. The van der Waals surface area contributed by atoms with Crippen molar-refractivity contribution in [2.75, 3.05) is 0 Å². The number of carbonyl (C=O) groups excluding carboxylic acids is 1. The van der Waals surface area contributed by atoms with Gasteiger partial charge in [-0.25, -0.2) is 4.98 Å². The molecule has 112 valence electrons. The Hall–Kier alpha value is -2.02. The maximum absolute atomic E-state index is 12.5. The molecule has 4 nitrogen and oxygen atoms in total. The molecule has 0 radical (unpaired) electrons. The second-order valence-corrected chi connectivity index (χ2v) is 4.73. The fourth-order valence-electron chi connectivity index (χ4n) is 1.86. The number of amides is 1. The molecule has 1 aromatic heterocycles. The molecule has 1 amide bonds. The third-order valence-corrected chi connectivity index (χ3v) is 3.21. The van der Waals surface area contributed by atoms with E-state index in [0.29, 0.717) is 5.56 Å². The van der Waals surface area contributed by atoms with Crippen molar-refractivity contribution in [2.24, 2.45) is 7.05 Å². The normalized spacial score (nSPS) is 13.0. The third kappa shape index (κ3) is 3.36. The summed E-state index contributed by atoms with van der Waals surface area (Å²) in [5, 5.41) is 2.17. The Kier molecular flexibility index (Phi) is 4.22. The van der Waals surface area contributed by atoms with Crippen LogP contribution in [0.25, 0.3) is 0 Å². The van der Waals surface area contributed by atoms with Crippen LogP contribution >= 0.6 is 11.6 Å². The quantitative estimate of drug-likeness (QED) is 0.946. The summed E-state index contributed by atoms with van der Waals surface area (Å²) in [5.74, 6) is -1.80. The average molecular weight is 318 g/mol. The first-order valence-corrected chi connectivity index (χ1v) is 6.28. The topological polar surface area (TPSA) is 46.9 Å². The minimum absolute atomic E-state index is 0.243. The number of alkyl halides is 3. The number of hydrogen-bond donors (Lipinski definition) is 1. The molecule has 0 aliphatic rings. The van der Waals surface area contributed by atoms with Crippen molar-refractivity contribution in [3.8, 4) is 0 Å². The lowest BCUT2D eigenvalue weighted by Crippen LogP contribution is -2.40. The standard InChI is InChI=1S/C13H11ClF3N3O/c1-20-7-6-18-11(20)10(19-12(21)13(15,16)17)8-4-2-3-5-9(8)14/h2-7,10H,1H3,(H,19,21). The van der Waals surface area contributed by atoms with E-state index in [1.807, 2.05) is 5.32 Å². The number of aromatic nitrogens is 2. The first kappa shape index (κ1) is 15.4. The monoisotopic (exact) mass is 317 g/mol. The summed E-state index contributed by atoms with van der Waals surface area (Å²) in [4.78, 5) is 15.2. The molecule has 8 heteroatoms. The summed E-state index contributed by atoms with van der Waals surface area (Å²) in [6.07, 6.45) is -1.98. The number of nitrogens with zero attached hydrogens (tertiary/aromatic N) is 2. The van der Waals surface area contributed by atoms with Gasteiger partial charge in [-0.3, -0.25) is 4.79 Å². The van der Waals surface area contributed by atoms with Gasteiger partial charge in [-0.05, 0) is 6.07 Å². The van der Waals surface area contributed by atoms with Gasteiger partial charge < -0.3 is 9.88 Å². The zero-order valence-corrected chi connectivity index (χ0v) is 11.6. The largest absolute Gasteiger partial charge is 0.471 e. The predicted octanol–water partition coefficient (Wildman–Crippen LogP) is 2.84. The van der Waals surface area contributed by atoms with Gasteiger partial charge in [0, 0.05) is 30.0 Å².